The third-order valence-electron chi connectivity index (χ3n) is 12.2. The molecule has 11 atom stereocenters. The normalized spacial score (nSPS) is 38.8. The molecule has 4 rings (SSSR count). The average Bonchev–Trinajstić information content (AvgIpc) is 3.37. The molecule has 0 unspecified atom stereocenters. The van der Waals surface area contributed by atoms with Crippen LogP contribution >= 0.6 is 0 Å². The van der Waals surface area contributed by atoms with Crippen LogP contribution in [0.15, 0.2) is 15.3 Å². The summed E-state index contributed by atoms with van der Waals surface area (Å²) >= 11 is 0. The lowest BCUT2D eigenvalue weighted by molar-refractivity contribution is -0.226. The minimum atomic E-state index is 0.0296. The van der Waals surface area contributed by atoms with E-state index in [4.69, 9.17) is 30.8 Å². The van der Waals surface area contributed by atoms with E-state index in [0.717, 1.165) is 32.1 Å². The number of rotatable bonds is 16. The molecule has 43 heavy (non-hydrogen) atoms. The summed E-state index contributed by atoms with van der Waals surface area (Å²) in [5.74, 6) is 3.04. The van der Waals surface area contributed by atoms with Gasteiger partial charge in [-0.05, 0) is 102 Å². The Kier molecular flexibility index (Phi) is 12.3. The summed E-state index contributed by atoms with van der Waals surface area (Å²) in [5.41, 5.74) is 26.6. The molecule has 0 aliphatic heterocycles. The molecule has 0 bridgehead atoms. The first-order valence-electron chi connectivity index (χ1n) is 16.7. The number of fused-ring (bicyclic) bond motifs is 5. The zero-order chi connectivity index (χ0) is 30.9. The largest absolute Gasteiger partial charge is 0.378 e. The van der Waals surface area contributed by atoms with Crippen molar-refractivity contribution in [3.63, 3.8) is 0 Å². The fraction of sp³-hybridized carbons (Fsp3) is 1.00. The number of hydrogen-bond acceptors (Lipinski definition) is 6. The third-order valence-corrected chi connectivity index (χ3v) is 12.2. The minimum absolute atomic E-state index is 0.0296. The molecule has 0 amide bonds. The van der Waals surface area contributed by atoms with E-state index in [2.05, 4.69) is 57.8 Å². The van der Waals surface area contributed by atoms with Gasteiger partial charge in [-0.15, -0.1) is 0 Å². The van der Waals surface area contributed by atoms with E-state index in [1.165, 1.54) is 32.1 Å². The first-order chi connectivity index (χ1) is 20.8. The third kappa shape index (κ3) is 7.22. The smallest absolute Gasteiger partial charge is 0.0637 e. The Hall–Kier alpha value is -2.19. The van der Waals surface area contributed by atoms with Gasteiger partial charge in [0.05, 0.1) is 38.1 Å². The van der Waals surface area contributed by atoms with Gasteiger partial charge in [-0.25, -0.2) is 0 Å². The van der Waals surface area contributed by atoms with Crippen LogP contribution in [0.25, 0.3) is 31.3 Å². The van der Waals surface area contributed by atoms with Crippen LogP contribution in [-0.4, -0.2) is 57.8 Å². The van der Waals surface area contributed by atoms with Gasteiger partial charge < -0.3 is 14.2 Å². The molecule has 4 aliphatic carbocycles. The monoisotopic (exact) mass is 599 g/mol. The lowest BCUT2D eigenvalue weighted by Gasteiger charge is -2.64. The summed E-state index contributed by atoms with van der Waals surface area (Å²) in [6, 6.07) is 0. The van der Waals surface area contributed by atoms with E-state index in [9.17, 15) is 0 Å². The predicted octanol–water partition coefficient (Wildman–Crippen LogP) is 8.78. The number of ether oxygens (including phenoxy) is 3. The highest BCUT2D eigenvalue weighted by atomic mass is 16.5. The molecule has 0 saturated heterocycles. The molecule has 240 valence electrons. The van der Waals surface area contributed by atoms with Crippen molar-refractivity contribution in [3.8, 4) is 0 Å². The summed E-state index contributed by atoms with van der Waals surface area (Å²) < 4.78 is 19.7. The summed E-state index contributed by atoms with van der Waals surface area (Å²) in [7, 11) is 0. The molecular formula is C31H53N9O3. The van der Waals surface area contributed by atoms with Crippen LogP contribution in [0.2, 0.25) is 0 Å². The first-order valence-corrected chi connectivity index (χ1v) is 16.7. The molecule has 0 heterocycles. The maximum atomic E-state index is 8.89. The van der Waals surface area contributed by atoms with Gasteiger partial charge in [0.1, 0.15) is 0 Å². The quantitative estimate of drug-likeness (QED) is 0.0747. The van der Waals surface area contributed by atoms with Crippen molar-refractivity contribution >= 4 is 0 Å². The van der Waals surface area contributed by atoms with Gasteiger partial charge in [-0.2, -0.15) is 0 Å². The first kappa shape index (κ1) is 33.7. The number of azide groups is 3. The number of nitrogens with zero attached hydrogens (tertiary/aromatic N) is 9. The number of hydrogen-bond donors (Lipinski definition) is 0. The Morgan fingerprint density at radius 3 is 2.12 bits per heavy atom. The molecule has 4 fully saturated rings. The summed E-state index contributed by atoms with van der Waals surface area (Å²) in [6.45, 7) is 12.2. The Balaban J connectivity index is 1.65. The van der Waals surface area contributed by atoms with E-state index >= 15 is 0 Å². The highest BCUT2D eigenvalue weighted by Crippen LogP contribution is 2.69. The van der Waals surface area contributed by atoms with Crippen molar-refractivity contribution < 1.29 is 14.2 Å². The van der Waals surface area contributed by atoms with Crippen molar-refractivity contribution in [1.82, 2.24) is 0 Å². The topological polar surface area (TPSA) is 174 Å². The summed E-state index contributed by atoms with van der Waals surface area (Å²) in [5, 5.41) is 11.2. The molecule has 12 heteroatoms. The van der Waals surface area contributed by atoms with Gasteiger partial charge in [0.2, 0.25) is 0 Å². The van der Waals surface area contributed by atoms with Gasteiger partial charge in [0, 0.05) is 39.8 Å². The fourth-order valence-electron chi connectivity index (χ4n) is 10.2. The zero-order valence-electron chi connectivity index (χ0n) is 26.8. The van der Waals surface area contributed by atoms with Crippen molar-refractivity contribution in [3.05, 3.63) is 31.3 Å². The molecule has 12 nitrogen and oxygen atoms in total. The molecule has 4 aliphatic rings. The molecule has 0 aromatic heterocycles. The number of unbranched alkanes of at least 4 members (excludes halogenated alkanes) is 1. The second kappa shape index (κ2) is 15.7. The molecule has 0 N–H and O–H groups in total. The standard InChI is InChI=1S/C31H53N9O3/c1-5-6-7-21(2)24-8-9-25-29-26(20-28(31(24,25)4)43-17-14-37-40-34)30(3)11-10-23(41-15-12-35-38-32)18-22(30)19-27(29)42-16-13-36-39-33/h21-29H,5-20H2,1-4H3/t21-,22-,23-,24+,25-,26-,27+,28-,29-,30-,31+/m0/s1. The van der Waals surface area contributed by atoms with Crippen LogP contribution in [-0.2, 0) is 14.2 Å². The molecular weight excluding hydrogens is 546 g/mol. The van der Waals surface area contributed by atoms with Gasteiger partial charge in [0.15, 0.2) is 0 Å². The maximum absolute atomic E-state index is 8.89. The lowest BCUT2D eigenvalue weighted by atomic mass is 9.43. The zero-order valence-corrected chi connectivity index (χ0v) is 26.8. The molecule has 0 aromatic carbocycles. The van der Waals surface area contributed by atoms with E-state index in [-0.39, 0.29) is 29.1 Å². The van der Waals surface area contributed by atoms with Crippen LogP contribution in [0, 0.1) is 46.3 Å². The van der Waals surface area contributed by atoms with Crippen LogP contribution in [0.3, 0.4) is 0 Å². The Morgan fingerprint density at radius 2 is 1.47 bits per heavy atom. The van der Waals surface area contributed by atoms with E-state index < -0.39 is 0 Å². The van der Waals surface area contributed by atoms with Crippen molar-refractivity contribution in [2.24, 2.45) is 61.7 Å². The molecule has 0 spiro atoms. The molecule has 0 aromatic rings. The second-order valence-corrected chi connectivity index (χ2v) is 14.0. The Labute approximate surface area is 256 Å². The fourth-order valence-corrected chi connectivity index (χ4v) is 10.2. The average molecular weight is 600 g/mol. The van der Waals surface area contributed by atoms with Gasteiger partial charge in [-0.1, -0.05) is 62.3 Å². The van der Waals surface area contributed by atoms with Crippen LogP contribution in [0.4, 0.5) is 0 Å². The highest BCUT2D eigenvalue weighted by Gasteiger charge is 2.66. The van der Waals surface area contributed by atoms with E-state index in [1.807, 2.05) is 0 Å². The lowest BCUT2D eigenvalue weighted by Crippen LogP contribution is -2.63. The minimum Gasteiger partial charge on any atom is -0.378 e. The maximum Gasteiger partial charge on any atom is 0.0637 e. The Bertz CT molecular complexity index is 1060. The summed E-state index contributed by atoms with van der Waals surface area (Å²) in [6.07, 6.45) is 11.6. The van der Waals surface area contributed by atoms with Gasteiger partial charge >= 0.3 is 0 Å². The van der Waals surface area contributed by atoms with Crippen molar-refractivity contribution in [2.75, 3.05) is 39.5 Å². The van der Waals surface area contributed by atoms with E-state index in [1.54, 1.807) is 0 Å². The highest BCUT2D eigenvalue weighted by molar-refractivity contribution is 5.15. The second-order valence-electron chi connectivity index (χ2n) is 14.0. The van der Waals surface area contributed by atoms with Gasteiger partial charge in [0.25, 0.3) is 0 Å². The molecule has 4 saturated carbocycles. The van der Waals surface area contributed by atoms with Crippen LogP contribution < -0.4 is 0 Å². The molecule has 0 radical (unpaired) electrons. The SMILES string of the molecule is CCCC[C@H](C)[C@H]1CC[C@H]2[C@@H]3[C@H](OCCN=[N+]=[N-])C[C@@H]4C[C@@H](OCCN=[N+]=[N-])CC[C@]4(C)[C@H]3C[C@H](OCCN=[N+]=[N-])[C@]12C. The van der Waals surface area contributed by atoms with E-state index in [0.29, 0.717) is 75.0 Å². The van der Waals surface area contributed by atoms with Crippen LogP contribution in [0.1, 0.15) is 91.9 Å². The van der Waals surface area contributed by atoms with Crippen LogP contribution in [0.5, 0.6) is 0 Å². The summed E-state index contributed by atoms with van der Waals surface area (Å²) in [4.78, 5) is 8.77. The van der Waals surface area contributed by atoms with Gasteiger partial charge in [-0.3, -0.25) is 0 Å². The van der Waals surface area contributed by atoms with Crippen molar-refractivity contribution in [1.29, 1.82) is 0 Å². The Morgan fingerprint density at radius 1 is 0.814 bits per heavy atom. The van der Waals surface area contributed by atoms with Crippen molar-refractivity contribution in [2.45, 2.75) is 110 Å². The predicted molar refractivity (Wildman–Crippen MR) is 166 cm³/mol.